The number of nitrogens with one attached hydrogen (secondary N) is 1. The van der Waals surface area contributed by atoms with Crippen LogP contribution in [0.5, 0.6) is 0 Å². The van der Waals surface area contributed by atoms with Gasteiger partial charge in [-0.1, -0.05) is 26.0 Å². The van der Waals surface area contributed by atoms with Gasteiger partial charge in [0.1, 0.15) is 0 Å². The predicted octanol–water partition coefficient (Wildman–Crippen LogP) is 2.91. The van der Waals surface area contributed by atoms with Gasteiger partial charge in [0.25, 0.3) is 0 Å². The number of anilines is 2. The van der Waals surface area contributed by atoms with E-state index in [9.17, 15) is 9.59 Å². The normalized spacial score (nSPS) is 18.7. The minimum atomic E-state index is -0.165. The van der Waals surface area contributed by atoms with Gasteiger partial charge in [-0.05, 0) is 31.4 Å². The van der Waals surface area contributed by atoms with E-state index < -0.39 is 0 Å². The van der Waals surface area contributed by atoms with Crippen LogP contribution in [0.15, 0.2) is 24.3 Å². The molecule has 5 nitrogen and oxygen atoms in total. The van der Waals surface area contributed by atoms with Crippen LogP contribution in [0.1, 0.15) is 33.1 Å². The first-order chi connectivity index (χ1) is 10.5. The van der Waals surface area contributed by atoms with Gasteiger partial charge in [0, 0.05) is 19.0 Å². The molecule has 1 aliphatic rings. The minimum Gasteiger partial charge on any atom is -0.397 e. The van der Waals surface area contributed by atoms with Gasteiger partial charge in [0.2, 0.25) is 11.8 Å². The van der Waals surface area contributed by atoms with E-state index in [1.54, 1.807) is 12.1 Å². The van der Waals surface area contributed by atoms with Gasteiger partial charge in [-0.2, -0.15) is 0 Å². The maximum atomic E-state index is 12.4. The summed E-state index contributed by atoms with van der Waals surface area (Å²) in [7, 11) is 0. The summed E-state index contributed by atoms with van der Waals surface area (Å²) in [5, 5.41) is 2.88. The lowest BCUT2D eigenvalue weighted by Crippen LogP contribution is -2.45. The third-order valence-electron chi connectivity index (χ3n) is 4.36. The monoisotopic (exact) mass is 339 g/mol. The number of likely N-dealkylation sites (tertiary alicyclic amines) is 1. The number of carbonyl (C=O) groups excluding carboxylic acids is 2. The third-order valence-corrected chi connectivity index (χ3v) is 4.36. The first-order valence-corrected chi connectivity index (χ1v) is 7.97. The number of halogens is 1. The van der Waals surface area contributed by atoms with Gasteiger partial charge in [0.15, 0.2) is 0 Å². The summed E-state index contributed by atoms with van der Waals surface area (Å²) in [6, 6.07) is 7.22. The predicted molar refractivity (Wildman–Crippen MR) is 95.5 cm³/mol. The average Bonchev–Trinajstić information content (AvgIpc) is 2.55. The lowest BCUT2D eigenvalue weighted by Gasteiger charge is -2.33. The largest absolute Gasteiger partial charge is 0.397 e. The molecule has 6 heteroatoms. The SMILES string of the molecule is CCC(C)C(=O)N1CCCC(C(=O)Nc2ccccc2N)C1.Cl. The number of rotatable bonds is 4. The number of amides is 2. The van der Waals surface area contributed by atoms with Crippen LogP contribution in [0.3, 0.4) is 0 Å². The molecular weight excluding hydrogens is 314 g/mol. The van der Waals surface area contributed by atoms with Gasteiger partial charge < -0.3 is 16.0 Å². The molecule has 0 radical (unpaired) electrons. The summed E-state index contributed by atoms with van der Waals surface area (Å²) >= 11 is 0. The van der Waals surface area contributed by atoms with Crippen molar-refractivity contribution in [1.29, 1.82) is 0 Å². The first-order valence-electron chi connectivity index (χ1n) is 7.97. The topological polar surface area (TPSA) is 75.4 Å². The van der Waals surface area contributed by atoms with Gasteiger partial charge in [-0.3, -0.25) is 9.59 Å². The number of piperidine rings is 1. The molecule has 128 valence electrons. The number of hydrogen-bond donors (Lipinski definition) is 2. The zero-order valence-corrected chi connectivity index (χ0v) is 14.6. The quantitative estimate of drug-likeness (QED) is 0.828. The van der Waals surface area contributed by atoms with Crippen LogP contribution in [0.25, 0.3) is 0 Å². The molecule has 1 aliphatic heterocycles. The average molecular weight is 340 g/mol. The molecule has 0 spiro atoms. The second-order valence-corrected chi connectivity index (χ2v) is 6.01. The molecule has 1 aromatic rings. The Kier molecular flexibility index (Phi) is 7.36. The van der Waals surface area contributed by atoms with Crippen molar-refractivity contribution in [2.75, 3.05) is 24.1 Å². The van der Waals surface area contributed by atoms with Crippen molar-refractivity contribution in [1.82, 2.24) is 4.90 Å². The van der Waals surface area contributed by atoms with Crippen LogP contribution in [0, 0.1) is 11.8 Å². The molecule has 0 saturated carbocycles. The molecule has 2 rings (SSSR count). The molecule has 2 amide bonds. The Morgan fingerprint density at radius 2 is 2.09 bits per heavy atom. The summed E-state index contributed by atoms with van der Waals surface area (Å²) in [4.78, 5) is 26.5. The van der Waals surface area contributed by atoms with Crippen molar-refractivity contribution < 1.29 is 9.59 Å². The van der Waals surface area contributed by atoms with Crippen molar-refractivity contribution in [2.45, 2.75) is 33.1 Å². The Morgan fingerprint density at radius 3 is 2.74 bits per heavy atom. The molecule has 23 heavy (non-hydrogen) atoms. The van der Waals surface area contributed by atoms with E-state index in [0.29, 0.717) is 17.9 Å². The fourth-order valence-corrected chi connectivity index (χ4v) is 2.72. The summed E-state index contributed by atoms with van der Waals surface area (Å²) < 4.78 is 0. The van der Waals surface area contributed by atoms with Crippen LogP contribution in [-0.4, -0.2) is 29.8 Å². The molecule has 1 aromatic carbocycles. The number of nitrogens with two attached hydrogens (primary N) is 1. The highest BCUT2D eigenvalue weighted by Gasteiger charge is 2.30. The number of benzene rings is 1. The number of para-hydroxylation sites is 2. The highest BCUT2D eigenvalue weighted by Crippen LogP contribution is 2.23. The van der Waals surface area contributed by atoms with E-state index in [4.69, 9.17) is 5.73 Å². The maximum absolute atomic E-state index is 12.4. The van der Waals surface area contributed by atoms with E-state index in [1.807, 2.05) is 30.9 Å². The fraction of sp³-hybridized carbons (Fsp3) is 0.529. The Labute approximate surface area is 144 Å². The zero-order valence-electron chi connectivity index (χ0n) is 13.7. The molecule has 1 heterocycles. The summed E-state index contributed by atoms with van der Waals surface area (Å²) in [6.45, 7) is 5.20. The molecule has 0 aliphatic carbocycles. The molecule has 2 unspecified atom stereocenters. The van der Waals surface area contributed by atoms with Crippen molar-refractivity contribution >= 4 is 35.6 Å². The molecule has 1 saturated heterocycles. The van der Waals surface area contributed by atoms with Crippen LogP contribution in [-0.2, 0) is 9.59 Å². The van der Waals surface area contributed by atoms with Crippen LogP contribution < -0.4 is 11.1 Å². The van der Waals surface area contributed by atoms with E-state index in [-0.39, 0.29) is 36.1 Å². The smallest absolute Gasteiger partial charge is 0.229 e. The number of hydrogen-bond acceptors (Lipinski definition) is 3. The molecule has 0 bridgehead atoms. The minimum absolute atomic E-state index is 0. The zero-order chi connectivity index (χ0) is 16.1. The highest BCUT2D eigenvalue weighted by molar-refractivity contribution is 5.95. The number of carbonyl (C=O) groups is 2. The van der Waals surface area contributed by atoms with Gasteiger partial charge in [-0.15, -0.1) is 12.4 Å². The van der Waals surface area contributed by atoms with Crippen molar-refractivity contribution in [2.24, 2.45) is 11.8 Å². The molecular formula is C17H26ClN3O2. The van der Waals surface area contributed by atoms with E-state index in [2.05, 4.69) is 5.32 Å². The van der Waals surface area contributed by atoms with Crippen LogP contribution in [0.4, 0.5) is 11.4 Å². The third kappa shape index (κ3) is 4.86. The highest BCUT2D eigenvalue weighted by atomic mass is 35.5. The first kappa shape index (κ1) is 19.3. The van der Waals surface area contributed by atoms with E-state index in [0.717, 1.165) is 25.8 Å². The maximum Gasteiger partial charge on any atom is 0.229 e. The van der Waals surface area contributed by atoms with E-state index >= 15 is 0 Å². The Morgan fingerprint density at radius 1 is 1.39 bits per heavy atom. The van der Waals surface area contributed by atoms with Crippen LogP contribution in [0.2, 0.25) is 0 Å². The summed E-state index contributed by atoms with van der Waals surface area (Å²) in [6.07, 6.45) is 2.50. The van der Waals surface area contributed by atoms with Crippen molar-refractivity contribution in [3.8, 4) is 0 Å². The Hall–Kier alpha value is -1.75. The summed E-state index contributed by atoms with van der Waals surface area (Å²) in [5.74, 6) is -0.0493. The van der Waals surface area contributed by atoms with Crippen molar-refractivity contribution in [3.05, 3.63) is 24.3 Å². The lowest BCUT2D eigenvalue weighted by molar-refractivity contribution is -0.138. The second kappa shape index (κ2) is 8.77. The van der Waals surface area contributed by atoms with Crippen molar-refractivity contribution in [3.63, 3.8) is 0 Å². The summed E-state index contributed by atoms with van der Waals surface area (Å²) in [5.41, 5.74) is 7.04. The fourth-order valence-electron chi connectivity index (χ4n) is 2.72. The molecule has 1 fully saturated rings. The number of nitrogens with zero attached hydrogens (tertiary/aromatic N) is 1. The second-order valence-electron chi connectivity index (χ2n) is 6.01. The van der Waals surface area contributed by atoms with Gasteiger partial charge in [-0.25, -0.2) is 0 Å². The van der Waals surface area contributed by atoms with Crippen LogP contribution >= 0.6 is 12.4 Å². The Bertz CT molecular complexity index is 550. The van der Waals surface area contributed by atoms with Gasteiger partial charge in [0.05, 0.1) is 17.3 Å². The van der Waals surface area contributed by atoms with E-state index in [1.165, 1.54) is 0 Å². The standard InChI is InChI=1S/C17H25N3O2.ClH/c1-3-12(2)17(22)20-10-6-7-13(11-20)16(21)19-15-9-5-4-8-14(15)18;/h4-5,8-9,12-13H,3,6-7,10-11,18H2,1-2H3,(H,19,21);1H. The Balaban J connectivity index is 0.00000264. The lowest BCUT2D eigenvalue weighted by atomic mass is 9.95. The number of nitrogen functional groups attached to an aromatic ring is 1. The van der Waals surface area contributed by atoms with Gasteiger partial charge >= 0.3 is 0 Å². The molecule has 0 aromatic heterocycles. The molecule has 2 atom stereocenters. The molecule has 3 N–H and O–H groups in total.